The molecule has 0 aromatic carbocycles. The standard InChI is InChI=1S/C5H9FO2S.Na/c6-5(2-1-3-5)4-9(7)8;/h1-4H2,(H,7,8);/q;+1/p-1. The van der Waals surface area contributed by atoms with Crippen molar-refractivity contribution in [2.45, 2.75) is 24.9 Å². The van der Waals surface area contributed by atoms with Crippen LogP contribution in [0.4, 0.5) is 4.39 Å². The van der Waals surface area contributed by atoms with E-state index in [-0.39, 0.29) is 35.3 Å². The predicted molar refractivity (Wildman–Crippen MR) is 31.5 cm³/mol. The van der Waals surface area contributed by atoms with Gasteiger partial charge in [-0.3, -0.25) is 4.21 Å². The summed E-state index contributed by atoms with van der Waals surface area (Å²) in [6, 6.07) is 0. The van der Waals surface area contributed by atoms with Gasteiger partial charge in [-0.25, -0.2) is 4.39 Å². The second-order valence-electron chi connectivity index (χ2n) is 2.45. The molecule has 1 saturated carbocycles. The first-order chi connectivity index (χ1) is 4.12. The molecule has 1 atom stereocenters. The molecule has 54 valence electrons. The summed E-state index contributed by atoms with van der Waals surface area (Å²) in [7, 11) is 0. The number of hydrogen-bond acceptors (Lipinski definition) is 2. The van der Waals surface area contributed by atoms with Gasteiger partial charge in [0.05, 0.1) is 0 Å². The average Bonchev–Trinajstić information content (AvgIpc) is 1.60. The summed E-state index contributed by atoms with van der Waals surface area (Å²) in [5, 5.41) is 0. The summed E-state index contributed by atoms with van der Waals surface area (Å²) in [6.45, 7) is 0. The Morgan fingerprint density at radius 1 is 1.60 bits per heavy atom. The van der Waals surface area contributed by atoms with E-state index in [0.29, 0.717) is 12.8 Å². The van der Waals surface area contributed by atoms with E-state index in [0.717, 1.165) is 6.42 Å². The SMILES string of the molecule is O=S([O-])CC1(F)CCC1.[Na+]. The van der Waals surface area contributed by atoms with Crippen molar-refractivity contribution in [3.63, 3.8) is 0 Å². The molecular formula is C5H8FNaO2S. The largest absolute Gasteiger partial charge is 1.00 e. The Morgan fingerprint density at radius 3 is 2.20 bits per heavy atom. The van der Waals surface area contributed by atoms with Crippen LogP contribution >= 0.6 is 0 Å². The van der Waals surface area contributed by atoms with Crippen LogP contribution in [0.5, 0.6) is 0 Å². The van der Waals surface area contributed by atoms with E-state index < -0.39 is 16.7 Å². The molecule has 5 heteroatoms. The average molecular weight is 174 g/mol. The van der Waals surface area contributed by atoms with Crippen LogP contribution in [0.1, 0.15) is 19.3 Å². The van der Waals surface area contributed by atoms with E-state index in [1.165, 1.54) is 0 Å². The molecule has 1 unspecified atom stereocenters. The Kier molecular flexibility index (Phi) is 4.60. The number of hydrogen-bond donors (Lipinski definition) is 0. The number of halogens is 1. The molecule has 0 aromatic rings. The van der Waals surface area contributed by atoms with Gasteiger partial charge in [0.25, 0.3) is 0 Å². The first kappa shape index (κ1) is 11.0. The Bertz CT molecular complexity index is 138. The third kappa shape index (κ3) is 2.96. The normalized spacial score (nSPS) is 24.2. The maximum Gasteiger partial charge on any atom is 1.00 e. The van der Waals surface area contributed by atoms with Gasteiger partial charge in [-0.1, -0.05) is 11.1 Å². The van der Waals surface area contributed by atoms with Gasteiger partial charge in [0.15, 0.2) is 0 Å². The van der Waals surface area contributed by atoms with Gasteiger partial charge in [0.2, 0.25) is 0 Å². The van der Waals surface area contributed by atoms with Crippen molar-refractivity contribution in [2.24, 2.45) is 0 Å². The van der Waals surface area contributed by atoms with Gasteiger partial charge in [-0.15, -0.1) is 0 Å². The van der Waals surface area contributed by atoms with Crippen molar-refractivity contribution < 1.29 is 42.7 Å². The zero-order valence-electron chi connectivity index (χ0n) is 5.93. The topological polar surface area (TPSA) is 40.1 Å². The van der Waals surface area contributed by atoms with Crippen LogP contribution < -0.4 is 29.6 Å². The smallest absolute Gasteiger partial charge is 0.772 e. The predicted octanol–water partition coefficient (Wildman–Crippen LogP) is -2.24. The minimum absolute atomic E-state index is 0. The quantitative estimate of drug-likeness (QED) is 0.351. The molecule has 0 N–H and O–H groups in total. The maximum atomic E-state index is 12.8. The number of rotatable bonds is 2. The molecule has 0 saturated heterocycles. The summed E-state index contributed by atoms with van der Waals surface area (Å²) in [4.78, 5) is 0. The summed E-state index contributed by atoms with van der Waals surface area (Å²) < 4.78 is 32.7. The third-order valence-corrected chi connectivity index (χ3v) is 2.38. The first-order valence-corrected chi connectivity index (χ1v) is 4.12. The van der Waals surface area contributed by atoms with E-state index in [4.69, 9.17) is 0 Å². The molecule has 0 radical (unpaired) electrons. The van der Waals surface area contributed by atoms with Crippen molar-refractivity contribution in [2.75, 3.05) is 5.75 Å². The Morgan fingerprint density at radius 2 is 2.10 bits per heavy atom. The van der Waals surface area contributed by atoms with E-state index in [9.17, 15) is 13.2 Å². The molecule has 0 amide bonds. The molecule has 1 rings (SSSR count). The van der Waals surface area contributed by atoms with Crippen LogP contribution in [0.25, 0.3) is 0 Å². The molecule has 10 heavy (non-hydrogen) atoms. The summed E-state index contributed by atoms with van der Waals surface area (Å²) in [5.74, 6) is -0.312. The molecular weight excluding hydrogens is 166 g/mol. The maximum absolute atomic E-state index is 12.8. The zero-order valence-corrected chi connectivity index (χ0v) is 8.75. The Hall–Kier alpha value is 1.04. The fourth-order valence-electron chi connectivity index (χ4n) is 0.916. The fourth-order valence-corrected chi connectivity index (χ4v) is 1.63. The van der Waals surface area contributed by atoms with Gasteiger partial charge in [0, 0.05) is 5.75 Å². The van der Waals surface area contributed by atoms with E-state index in [2.05, 4.69) is 0 Å². The summed E-state index contributed by atoms with van der Waals surface area (Å²) in [5.41, 5.74) is -1.37. The molecule has 2 nitrogen and oxygen atoms in total. The minimum atomic E-state index is -2.21. The molecule has 0 heterocycles. The van der Waals surface area contributed by atoms with Gasteiger partial charge < -0.3 is 4.55 Å². The fraction of sp³-hybridized carbons (Fsp3) is 1.00. The van der Waals surface area contributed by atoms with Crippen molar-refractivity contribution in [1.82, 2.24) is 0 Å². The van der Waals surface area contributed by atoms with E-state index in [1.807, 2.05) is 0 Å². The van der Waals surface area contributed by atoms with Gasteiger partial charge in [-0.05, 0) is 19.3 Å². The van der Waals surface area contributed by atoms with Crippen LogP contribution in [0.2, 0.25) is 0 Å². The first-order valence-electron chi connectivity index (χ1n) is 2.87. The molecule has 0 bridgehead atoms. The van der Waals surface area contributed by atoms with Crippen LogP contribution in [-0.4, -0.2) is 20.2 Å². The zero-order chi connectivity index (χ0) is 6.91. The monoisotopic (exact) mass is 174 g/mol. The van der Waals surface area contributed by atoms with Crippen molar-refractivity contribution in [3.8, 4) is 0 Å². The van der Waals surface area contributed by atoms with E-state index >= 15 is 0 Å². The van der Waals surface area contributed by atoms with Crippen LogP contribution in [0.3, 0.4) is 0 Å². The van der Waals surface area contributed by atoms with Crippen molar-refractivity contribution >= 4 is 11.1 Å². The second kappa shape index (κ2) is 4.16. The molecule has 0 spiro atoms. The molecule has 0 aliphatic heterocycles. The third-order valence-electron chi connectivity index (χ3n) is 1.63. The Labute approximate surface area is 84.1 Å². The number of alkyl halides is 1. The van der Waals surface area contributed by atoms with Crippen LogP contribution in [-0.2, 0) is 11.1 Å². The van der Waals surface area contributed by atoms with Crippen molar-refractivity contribution in [1.29, 1.82) is 0 Å². The van der Waals surface area contributed by atoms with E-state index in [1.54, 1.807) is 0 Å². The summed E-state index contributed by atoms with van der Waals surface area (Å²) >= 11 is -2.21. The van der Waals surface area contributed by atoms with Crippen molar-refractivity contribution in [3.05, 3.63) is 0 Å². The molecule has 1 fully saturated rings. The van der Waals surface area contributed by atoms with Crippen LogP contribution in [0.15, 0.2) is 0 Å². The molecule has 1 aliphatic rings. The Balaban J connectivity index is 0.000000810. The molecule has 0 aromatic heterocycles. The van der Waals surface area contributed by atoms with Gasteiger partial charge in [0.1, 0.15) is 5.67 Å². The second-order valence-corrected chi connectivity index (χ2v) is 3.35. The minimum Gasteiger partial charge on any atom is -0.772 e. The van der Waals surface area contributed by atoms with Crippen LogP contribution in [0, 0.1) is 0 Å². The van der Waals surface area contributed by atoms with Gasteiger partial charge >= 0.3 is 29.6 Å². The van der Waals surface area contributed by atoms with Gasteiger partial charge in [-0.2, -0.15) is 0 Å². The summed E-state index contributed by atoms with van der Waals surface area (Å²) in [6.07, 6.45) is 1.66. The molecule has 1 aliphatic carbocycles.